The summed E-state index contributed by atoms with van der Waals surface area (Å²) in [6, 6.07) is 0. The molecule has 1 rings (SSSR count). The molecule has 0 aromatic heterocycles. The molecular formula is C8H13ClO. The third kappa shape index (κ3) is 1.34. The smallest absolute Gasteiger partial charge is 0.153 e. The summed E-state index contributed by atoms with van der Waals surface area (Å²) in [5.74, 6) is 0.419. The van der Waals surface area contributed by atoms with E-state index >= 15 is 0 Å². The van der Waals surface area contributed by atoms with E-state index in [2.05, 4.69) is 0 Å². The van der Waals surface area contributed by atoms with Crippen molar-refractivity contribution < 1.29 is 4.79 Å². The van der Waals surface area contributed by atoms with Crippen LogP contribution in [0.3, 0.4) is 0 Å². The summed E-state index contributed by atoms with van der Waals surface area (Å²) >= 11 is 5.47. The van der Waals surface area contributed by atoms with Gasteiger partial charge < -0.3 is 0 Å². The minimum atomic E-state index is -0.0677. The van der Waals surface area contributed by atoms with Crippen LogP contribution in [-0.2, 0) is 4.79 Å². The van der Waals surface area contributed by atoms with Crippen molar-refractivity contribution in [3.05, 3.63) is 0 Å². The van der Waals surface area contributed by atoms with Crippen LogP contribution in [0.25, 0.3) is 0 Å². The maximum Gasteiger partial charge on any atom is 0.153 e. The zero-order valence-corrected chi connectivity index (χ0v) is 7.08. The van der Waals surface area contributed by atoms with Gasteiger partial charge in [0.15, 0.2) is 5.78 Å². The second-order valence-corrected chi connectivity index (χ2v) is 3.59. The summed E-state index contributed by atoms with van der Waals surface area (Å²) in [6.45, 7) is 2.03. The highest BCUT2D eigenvalue weighted by Gasteiger charge is 2.34. The van der Waals surface area contributed by atoms with Crippen molar-refractivity contribution in [2.45, 2.75) is 32.6 Å². The molecule has 0 unspecified atom stereocenters. The van der Waals surface area contributed by atoms with E-state index in [0.29, 0.717) is 0 Å². The average Bonchev–Trinajstić information content (AvgIpc) is 2.36. The Balaban J connectivity index is 2.58. The molecule has 1 nitrogen and oxygen atoms in total. The molecule has 0 bridgehead atoms. The van der Waals surface area contributed by atoms with Crippen LogP contribution in [0, 0.1) is 5.41 Å². The molecule has 0 aromatic carbocycles. The van der Waals surface area contributed by atoms with Crippen LogP contribution >= 0.6 is 11.6 Å². The fourth-order valence-corrected chi connectivity index (χ4v) is 1.92. The lowest BCUT2D eigenvalue weighted by molar-refractivity contribution is -0.125. The van der Waals surface area contributed by atoms with Crippen LogP contribution in [0.15, 0.2) is 0 Å². The largest absolute Gasteiger partial charge is 0.298 e. The van der Waals surface area contributed by atoms with Crippen LogP contribution in [0.4, 0.5) is 0 Å². The second-order valence-electron chi connectivity index (χ2n) is 3.32. The van der Waals surface area contributed by atoms with Gasteiger partial charge in [-0.1, -0.05) is 19.8 Å². The first-order chi connectivity index (χ1) is 4.69. The van der Waals surface area contributed by atoms with Crippen molar-refractivity contribution in [1.29, 1.82) is 0 Å². The van der Waals surface area contributed by atoms with E-state index in [-0.39, 0.29) is 17.1 Å². The van der Waals surface area contributed by atoms with E-state index in [1.54, 1.807) is 0 Å². The third-order valence-corrected chi connectivity index (χ3v) is 2.74. The molecule has 58 valence electrons. The normalized spacial score (nSPS) is 23.0. The molecule has 10 heavy (non-hydrogen) atoms. The van der Waals surface area contributed by atoms with Gasteiger partial charge in [0.05, 0.1) is 5.88 Å². The second kappa shape index (κ2) is 2.91. The summed E-state index contributed by atoms with van der Waals surface area (Å²) in [5, 5.41) is 0. The van der Waals surface area contributed by atoms with E-state index in [0.717, 1.165) is 12.8 Å². The Labute approximate surface area is 66.8 Å². The number of hydrogen-bond donors (Lipinski definition) is 0. The Morgan fingerprint density at radius 2 is 2.00 bits per heavy atom. The van der Waals surface area contributed by atoms with Gasteiger partial charge in [0.1, 0.15) is 0 Å². The lowest BCUT2D eigenvalue weighted by Crippen LogP contribution is -2.25. The average molecular weight is 161 g/mol. The Kier molecular flexibility index (Phi) is 2.35. The fraction of sp³-hybridized carbons (Fsp3) is 0.875. The summed E-state index contributed by atoms with van der Waals surface area (Å²) in [5.41, 5.74) is -0.0677. The van der Waals surface area contributed by atoms with Gasteiger partial charge in [0.2, 0.25) is 0 Å². The Morgan fingerprint density at radius 3 is 2.40 bits per heavy atom. The highest BCUT2D eigenvalue weighted by atomic mass is 35.5. The molecule has 1 aliphatic rings. The van der Waals surface area contributed by atoms with Gasteiger partial charge in [0, 0.05) is 5.41 Å². The van der Waals surface area contributed by atoms with Gasteiger partial charge in [-0.15, -0.1) is 11.6 Å². The van der Waals surface area contributed by atoms with Gasteiger partial charge in [-0.05, 0) is 12.8 Å². The van der Waals surface area contributed by atoms with Crippen molar-refractivity contribution >= 4 is 17.4 Å². The first kappa shape index (κ1) is 8.06. The molecule has 0 atom stereocenters. The van der Waals surface area contributed by atoms with Crippen molar-refractivity contribution in [2.75, 3.05) is 5.88 Å². The summed E-state index contributed by atoms with van der Waals surface area (Å²) in [6.07, 6.45) is 4.47. The number of Topliss-reactive ketones (excluding diaryl/α,β-unsaturated/α-hetero) is 1. The first-order valence-corrected chi connectivity index (χ1v) is 4.32. The zero-order chi connectivity index (χ0) is 7.61. The van der Waals surface area contributed by atoms with Crippen molar-refractivity contribution in [3.63, 3.8) is 0 Å². The topological polar surface area (TPSA) is 17.1 Å². The monoisotopic (exact) mass is 160 g/mol. The van der Waals surface area contributed by atoms with Crippen LogP contribution in [0.2, 0.25) is 0 Å². The Bertz CT molecular complexity index is 136. The Morgan fingerprint density at radius 1 is 1.50 bits per heavy atom. The van der Waals surface area contributed by atoms with Crippen molar-refractivity contribution in [2.24, 2.45) is 5.41 Å². The molecular weight excluding hydrogens is 148 g/mol. The predicted octanol–water partition coefficient (Wildman–Crippen LogP) is 2.37. The molecule has 0 spiro atoms. The maximum absolute atomic E-state index is 11.2. The highest BCUT2D eigenvalue weighted by Crippen LogP contribution is 2.38. The molecule has 1 saturated carbocycles. The molecule has 0 heterocycles. The van der Waals surface area contributed by atoms with Gasteiger partial charge in [-0.2, -0.15) is 0 Å². The molecule has 0 N–H and O–H groups in total. The lowest BCUT2D eigenvalue weighted by Gasteiger charge is -2.19. The fourth-order valence-electron chi connectivity index (χ4n) is 1.60. The number of rotatable bonds is 2. The molecule has 1 aliphatic carbocycles. The van der Waals surface area contributed by atoms with E-state index in [9.17, 15) is 4.79 Å². The van der Waals surface area contributed by atoms with Crippen molar-refractivity contribution in [1.82, 2.24) is 0 Å². The van der Waals surface area contributed by atoms with E-state index in [1.807, 2.05) is 6.92 Å². The van der Waals surface area contributed by atoms with Crippen LogP contribution in [-0.4, -0.2) is 11.7 Å². The lowest BCUT2D eigenvalue weighted by atomic mass is 9.85. The van der Waals surface area contributed by atoms with Gasteiger partial charge >= 0.3 is 0 Å². The van der Waals surface area contributed by atoms with Gasteiger partial charge in [-0.25, -0.2) is 0 Å². The van der Waals surface area contributed by atoms with Gasteiger partial charge in [-0.3, -0.25) is 4.79 Å². The first-order valence-electron chi connectivity index (χ1n) is 3.78. The van der Waals surface area contributed by atoms with Crippen molar-refractivity contribution in [3.8, 4) is 0 Å². The van der Waals surface area contributed by atoms with E-state index in [1.165, 1.54) is 12.8 Å². The van der Waals surface area contributed by atoms with E-state index < -0.39 is 0 Å². The summed E-state index contributed by atoms with van der Waals surface area (Å²) in [4.78, 5) is 11.2. The number of alkyl halides is 1. The standard InChI is InChI=1S/C8H13ClO/c1-8(7(10)6-9)4-2-3-5-8/h2-6H2,1H3. The number of carbonyl (C=O) groups is 1. The minimum absolute atomic E-state index is 0.0677. The zero-order valence-electron chi connectivity index (χ0n) is 6.32. The SMILES string of the molecule is CC1(C(=O)CCl)CCCC1. The van der Waals surface area contributed by atoms with E-state index in [4.69, 9.17) is 11.6 Å². The summed E-state index contributed by atoms with van der Waals surface area (Å²) in [7, 11) is 0. The summed E-state index contributed by atoms with van der Waals surface area (Å²) < 4.78 is 0. The molecule has 0 aliphatic heterocycles. The number of hydrogen-bond acceptors (Lipinski definition) is 1. The maximum atomic E-state index is 11.2. The molecule has 0 saturated heterocycles. The number of ketones is 1. The molecule has 2 heteroatoms. The van der Waals surface area contributed by atoms with Crippen LogP contribution in [0.1, 0.15) is 32.6 Å². The molecule has 0 amide bonds. The number of halogens is 1. The van der Waals surface area contributed by atoms with Crippen LogP contribution in [0.5, 0.6) is 0 Å². The quantitative estimate of drug-likeness (QED) is 0.567. The number of carbonyl (C=O) groups excluding carboxylic acids is 1. The van der Waals surface area contributed by atoms with Crippen LogP contribution < -0.4 is 0 Å². The molecule has 0 aromatic rings. The van der Waals surface area contributed by atoms with Gasteiger partial charge in [0.25, 0.3) is 0 Å². The molecule has 1 fully saturated rings. The minimum Gasteiger partial charge on any atom is -0.298 e. The highest BCUT2D eigenvalue weighted by molar-refractivity contribution is 6.28. The Hall–Kier alpha value is -0.0400. The predicted molar refractivity (Wildman–Crippen MR) is 42.3 cm³/mol. The third-order valence-electron chi connectivity index (χ3n) is 2.50. The molecule has 0 radical (unpaired) electrons.